The van der Waals surface area contributed by atoms with Crippen molar-refractivity contribution >= 4 is 17.2 Å². The lowest BCUT2D eigenvalue weighted by molar-refractivity contribution is 0.0796. The number of alkyl halides is 1. The van der Waals surface area contributed by atoms with Gasteiger partial charge in [-0.05, 0) is 18.1 Å². The molecule has 6 nitrogen and oxygen atoms in total. The molecule has 0 fully saturated rings. The van der Waals surface area contributed by atoms with E-state index in [0.717, 1.165) is 29.5 Å². The normalized spacial score (nSPS) is 14.9. The van der Waals surface area contributed by atoms with Gasteiger partial charge in [-0.2, -0.15) is 5.10 Å². The number of hydrogen-bond donors (Lipinski definition) is 0. The number of amides is 1. The lowest BCUT2D eigenvalue weighted by Gasteiger charge is -2.15. The first-order chi connectivity index (χ1) is 12.6. The highest BCUT2D eigenvalue weighted by Crippen LogP contribution is 2.21. The number of allylic oxidation sites excluding steroid dienone is 1. The summed E-state index contributed by atoms with van der Waals surface area (Å²) in [5.74, 6) is -0.174. The molecule has 1 amide bonds. The zero-order chi connectivity index (χ0) is 18.5. The molecule has 26 heavy (non-hydrogen) atoms. The highest BCUT2D eigenvalue weighted by molar-refractivity contribution is 6.00. The number of halogens is 1. The van der Waals surface area contributed by atoms with Crippen LogP contribution in [0.4, 0.5) is 4.39 Å². The van der Waals surface area contributed by atoms with Gasteiger partial charge in [0.15, 0.2) is 0 Å². The Balaban J connectivity index is 1.76. The number of aromatic nitrogens is 3. The maximum Gasteiger partial charge on any atom is 0.273 e. The van der Waals surface area contributed by atoms with Crippen LogP contribution in [-0.2, 0) is 13.6 Å². The summed E-state index contributed by atoms with van der Waals surface area (Å²) in [6.07, 6.45) is 8.76. The zero-order valence-electron chi connectivity index (χ0n) is 15.0. The van der Waals surface area contributed by atoms with Crippen LogP contribution in [0.2, 0.25) is 0 Å². The summed E-state index contributed by atoms with van der Waals surface area (Å²) in [7, 11) is 1.86. The Bertz CT molecular complexity index is 855. The second-order valence-electron chi connectivity index (χ2n) is 6.31. The number of pyridine rings is 1. The van der Waals surface area contributed by atoms with Crippen molar-refractivity contribution in [3.8, 4) is 0 Å². The quantitative estimate of drug-likeness (QED) is 0.717. The molecule has 7 heteroatoms. The molecule has 0 N–H and O–H groups in total. The van der Waals surface area contributed by atoms with E-state index in [1.165, 1.54) is 0 Å². The Morgan fingerprint density at radius 1 is 1.46 bits per heavy atom. The van der Waals surface area contributed by atoms with Crippen molar-refractivity contribution in [2.24, 2.45) is 12.0 Å². The summed E-state index contributed by atoms with van der Waals surface area (Å²) in [4.78, 5) is 22.4. The van der Waals surface area contributed by atoms with E-state index in [-0.39, 0.29) is 12.5 Å². The number of aliphatic imine (C=N–C) groups is 1. The van der Waals surface area contributed by atoms with E-state index in [1.54, 1.807) is 34.2 Å². The standard InChI is InChI=1S/C19H22FN5O/c1-3-5-14(16-10-23-24(2)11-16)9-22-17(8-20)13-25-12-15-6-4-7-21-18(15)19(25)26/h4,6-7,9-11H,3,5,8,12-13H2,1-2H3/b14-9+,22-17+. The van der Waals surface area contributed by atoms with Gasteiger partial charge in [0.25, 0.3) is 5.91 Å². The Morgan fingerprint density at radius 2 is 2.31 bits per heavy atom. The topological polar surface area (TPSA) is 63.4 Å². The average molecular weight is 355 g/mol. The van der Waals surface area contributed by atoms with Gasteiger partial charge >= 0.3 is 0 Å². The molecule has 0 saturated carbocycles. The fourth-order valence-electron chi connectivity index (χ4n) is 2.96. The minimum absolute atomic E-state index is 0.161. The molecule has 0 unspecified atom stereocenters. The first-order valence-corrected chi connectivity index (χ1v) is 8.65. The maximum absolute atomic E-state index is 13.5. The third-order valence-corrected chi connectivity index (χ3v) is 4.27. The Morgan fingerprint density at radius 3 is 2.96 bits per heavy atom. The molecule has 0 saturated heterocycles. The summed E-state index contributed by atoms with van der Waals surface area (Å²) in [6.45, 7) is 1.98. The van der Waals surface area contributed by atoms with E-state index < -0.39 is 6.67 Å². The SMILES string of the molecule is CCC/C(=C\N=C(/CF)CN1Cc2cccnc2C1=O)c1cnn(C)c1. The van der Waals surface area contributed by atoms with Crippen molar-refractivity contribution in [2.45, 2.75) is 26.3 Å². The Hall–Kier alpha value is -2.83. The second-order valence-corrected chi connectivity index (χ2v) is 6.31. The molecule has 1 aliphatic heterocycles. The highest BCUT2D eigenvalue weighted by atomic mass is 19.1. The lowest BCUT2D eigenvalue weighted by Crippen LogP contribution is -2.31. The Labute approximate surface area is 152 Å². The predicted molar refractivity (Wildman–Crippen MR) is 98.5 cm³/mol. The lowest BCUT2D eigenvalue weighted by atomic mass is 10.1. The van der Waals surface area contributed by atoms with Crippen LogP contribution in [0.15, 0.2) is 41.9 Å². The molecule has 2 aromatic heterocycles. The summed E-state index contributed by atoms with van der Waals surface area (Å²) >= 11 is 0. The molecular weight excluding hydrogens is 333 g/mol. The van der Waals surface area contributed by atoms with Crippen LogP contribution < -0.4 is 0 Å². The van der Waals surface area contributed by atoms with Crippen LogP contribution in [0.5, 0.6) is 0 Å². The zero-order valence-corrected chi connectivity index (χ0v) is 15.0. The van der Waals surface area contributed by atoms with Gasteiger partial charge < -0.3 is 4.90 Å². The molecule has 2 aromatic rings. The third-order valence-electron chi connectivity index (χ3n) is 4.27. The van der Waals surface area contributed by atoms with Crippen LogP contribution in [0.1, 0.15) is 41.4 Å². The molecule has 0 atom stereocenters. The number of carbonyl (C=O) groups is 1. The third kappa shape index (κ3) is 3.87. The predicted octanol–water partition coefficient (Wildman–Crippen LogP) is 3.02. The van der Waals surface area contributed by atoms with Crippen LogP contribution in [0.3, 0.4) is 0 Å². The number of carbonyl (C=O) groups excluding carboxylic acids is 1. The van der Waals surface area contributed by atoms with Crippen LogP contribution in [0, 0.1) is 0 Å². The van der Waals surface area contributed by atoms with E-state index in [9.17, 15) is 9.18 Å². The van der Waals surface area contributed by atoms with Gasteiger partial charge in [-0.1, -0.05) is 19.4 Å². The maximum atomic E-state index is 13.5. The molecule has 0 aliphatic carbocycles. The van der Waals surface area contributed by atoms with E-state index in [4.69, 9.17) is 0 Å². The monoisotopic (exact) mass is 355 g/mol. The largest absolute Gasteiger partial charge is 0.327 e. The van der Waals surface area contributed by atoms with Crippen LogP contribution in [0.25, 0.3) is 5.57 Å². The number of hydrogen-bond acceptors (Lipinski definition) is 4. The van der Waals surface area contributed by atoms with Crippen LogP contribution in [-0.4, -0.2) is 44.5 Å². The van der Waals surface area contributed by atoms with Gasteiger partial charge in [0.2, 0.25) is 0 Å². The molecule has 3 rings (SSSR count). The van der Waals surface area contributed by atoms with Crippen molar-refractivity contribution in [1.82, 2.24) is 19.7 Å². The number of rotatable bonds is 7. The fourth-order valence-corrected chi connectivity index (χ4v) is 2.96. The summed E-state index contributed by atoms with van der Waals surface area (Å²) in [6, 6.07) is 3.67. The highest BCUT2D eigenvalue weighted by Gasteiger charge is 2.28. The smallest absolute Gasteiger partial charge is 0.273 e. The molecule has 1 aliphatic rings. The first kappa shape index (κ1) is 18.0. The van der Waals surface area contributed by atoms with Crippen LogP contribution >= 0.6 is 0 Å². The Kier molecular flexibility index (Phi) is 5.55. The minimum Gasteiger partial charge on any atom is -0.327 e. The fraction of sp³-hybridized carbons (Fsp3) is 0.368. The molecule has 0 radical (unpaired) electrons. The van der Waals surface area contributed by atoms with Gasteiger partial charge in [-0.25, -0.2) is 4.39 Å². The molecular formula is C19H22FN5O. The first-order valence-electron chi connectivity index (χ1n) is 8.65. The van der Waals surface area contributed by atoms with Crippen molar-refractivity contribution < 1.29 is 9.18 Å². The van der Waals surface area contributed by atoms with E-state index in [2.05, 4.69) is 22.0 Å². The van der Waals surface area contributed by atoms with Crippen molar-refractivity contribution in [3.63, 3.8) is 0 Å². The summed E-state index contributed by atoms with van der Waals surface area (Å²) < 4.78 is 15.2. The molecule has 0 spiro atoms. The summed E-state index contributed by atoms with van der Waals surface area (Å²) in [5, 5.41) is 4.18. The number of aryl methyl sites for hydroxylation is 1. The summed E-state index contributed by atoms with van der Waals surface area (Å²) in [5.41, 5.74) is 3.62. The van der Waals surface area contributed by atoms with Crippen molar-refractivity contribution in [3.05, 3.63) is 53.7 Å². The molecule has 3 heterocycles. The van der Waals surface area contributed by atoms with Gasteiger partial charge in [0, 0.05) is 43.3 Å². The van der Waals surface area contributed by atoms with Gasteiger partial charge in [-0.3, -0.25) is 19.5 Å². The minimum atomic E-state index is -0.698. The molecule has 0 aromatic carbocycles. The van der Waals surface area contributed by atoms with Gasteiger partial charge in [0.1, 0.15) is 12.4 Å². The van der Waals surface area contributed by atoms with Crippen molar-refractivity contribution in [1.29, 1.82) is 0 Å². The van der Waals surface area contributed by atoms with E-state index in [1.807, 2.05) is 19.3 Å². The van der Waals surface area contributed by atoms with Crippen molar-refractivity contribution in [2.75, 3.05) is 13.2 Å². The number of fused-ring (bicyclic) bond motifs is 1. The van der Waals surface area contributed by atoms with Gasteiger partial charge in [-0.15, -0.1) is 0 Å². The molecule has 0 bridgehead atoms. The molecule has 136 valence electrons. The van der Waals surface area contributed by atoms with E-state index >= 15 is 0 Å². The average Bonchev–Trinajstić information content (AvgIpc) is 3.21. The second kappa shape index (κ2) is 8.03. The van der Waals surface area contributed by atoms with Gasteiger partial charge in [0.05, 0.1) is 18.5 Å². The number of nitrogens with zero attached hydrogens (tertiary/aromatic N) is 5. The van der Waals surface area contributed by atoms with E-state index in [0.29, 0.717) is 18.0 Å².